The molecule has 2 aromatic rings. The zero-order valence-electron chi connectivity index (χ0n) is 21.9. The largest absolute Gasteiger partial charge is 0.416 e. The third-order valence-electron chi connectivity index (χ3n) is 8.66. The van der Waals surface area contributed by atoms with E-state index in [-0.39, 0.29) is 36.0 Å². The highest BCUT2D eigenvalue weighted by Crippen LogP contribution is 2.46. The molecule has 3 aliphatic heterocycles. The van der Waals surface area contributed by atoms with Crippen LogP contribution < -0.4 is 5.32 Å². The van der Waals surface area contributed by atoms with Crippen LogP contribution in [0.3, 0.4) is 0 Å². The molecular formula is C29H31F7N2O2. The van der Waals surface area contributed by atoms with Crippen molar-refractivity contribution in [3.8, 4) is 0 Å². The zero-order valence-corrected chi connectivity index (χ0v) is 21.9. The van der Waals surface area contributed by atoms with Crippen LogP contribution in [0, 0.1) is 17.7 Å². The molecule has 5 rings (SSSR count). The van der Waals surface area contributed by atoms with Crippen LogP contribution >= 0.6 is 0 Å². The van der Waals surface area contributed by atoms with Gasteiger partial charge in [0.05, 0.1) is 23.3 Å². The number of amides is 1. The summed E-state index contributed by atoms with van der Waals surface area (Å²) in [5, 5.41) is 3.33. The lowest BCUT2D eigenvalue weighted by Crippen LogP contribution is -2.46. The number of hydrogen-bond donors (Lipinski definition) is 1. The number of ether oxygens (including phenoxy) is 1. The number of piperidine rings is 2. The van der Waals surface area contributed by atoms with E-state index in [2.05, 4.69) is 5.32 Å². The van der Waals surface area contributed by atoms with Crippen LogP contribution in [0.2, 0.25) is 0 Å². The van der Waals surface area contributed by atoms with Crippen molar-refractivity contribution >= 4 is 5.91 Å². The summed E-state index contributed by atoms with van der Waals surface area (Å²) in [6.45, 7) is 3.32. The molecule has 0 spiro atoms. The Balaban J connectivity index is 1.46. The quantitative estimate of drug-likeness (QED) is 0.405. The second-order valence-corrected chi connectivity index (χ2v) is 11.1. The summed E-state index contributed by atoms with van der Waals surface area (Å²) in [5.74, 6) is -0.354. The predicted octanol–water partition coefficient (Wildman–Crippen LogP) is 6.71. The van der Waals surface area contributed by atoms with Crippen molar-refractivity contribution in [3.05, 3.63) is 70.5 Å². The van der Waals surface area contributed by atoms with Crippen LogP contribution in [0.1, 0.15) is 66.9 Å². The molecule has 3 heterocycles. The minimum Gasteiger partial charge on any atom is -0.368 e. The van der Waals surface area contributed by atoms with E-state index in [4.69, 9.17) is 4.74 Å². The molecule has 1 N–H and O–H groups in total. The first-order valence-corrected chi connectivity index (χ1v) is 13.5. The van der Waals surface area contributed by atoms with Gasteiger partial charge >= 0.3 is 12.4 Å². The number of nitrogens with zero attached hydrogens (tertiary/aromatic N) is 1. The van der Waals surface area contributed by atoms with Crippen LogP contribution in [0.15, 0.2) is 42.5 Å². The topological polar surface area (TPSA) is 41.6 Å². The van der Waals surface area contributed by atoms with Gasteiger partial charge in [-0.25, -0.2) is 4.39 Å². The smallest absolute Gasteiger partial charge is 0.368 e. The first-order valence-electron chi connectivity index (χ1n) is 13.5. The molecule has 3 saturated heterocycles. The fraction of sp³-hybridized carbons (Fsp3) is 0.552. The van der Waals surface area contributed by atoms with Gasteiger partial charge < -0.3 is 15.0 Å². The number of carbonyl (C=O) groups excluding carboxylic acids is 1. The first kappa shape index (κ1) is 28.9. The van der Waals surface area contributed by atoms with E-state index in [0.717, 1.165) is 25.9 Å². The molecule has 2 aromatic carbocycles. The highest BCUT2D eigenvalue weighted by molar-refractivity contribution is 5.78. The van der Waals surface area contributed by atoms with Gasteiger partial charge in [-0.3, -0.25) is 4.79 Å². The summed E-state index contributed by atoms with van der Waals surface area (Å²) in [6, 6.07) is 6.99. The number of fused-ring (bicyclic) bond motifs is 1. The van der Waals surface area contributed by atoms with Crippen molar-refractivity contribution in [1.29, 1.82) is 0 Å². The number of benzene rings is 2. The second-order valence-electron chi connectivity index (χ2n) is 11.1. The Morgan fingerprint density at radius 3 is 2.10 bits per heavy atom. The Morgan fingerprint density at radius 1 is 0.925 bits per heavy atom. The molecule has 218 valence electrons. The molecule has 3 fully saturated rings. The molecule has 40 heavy (non-hydrogen) atoms. The maximum atomic E-state index is 13.8. The fourth-order valence-corrected chi connectivity index (χ4v) is 6.66. The van der Waals surface area contributed by atoms with Gasteiger partial charge in [-0.15, -0.1) is 0 Å². The number of hydrogen-bond acceptors (Lipinski definition) is 3. The van der Waals surface area contributed by atoms with Gasteiger partial charge in [0.1, 0.15) is 5.82 Å². The van der Waals surface area contributed by atoms with E-state index in [9.17, 15) is 35.5 Å². The molecule has 3 aliphatic rings. The summed E-state index contributed by atoms with van der Waals surface area (Å²) >= 11 is 0. The summed E-state index contributed by atoms with van der Waals surface area (Å²) in [5.41, 5.74) is -2.37. The Morgan fingerprint density at radius 2 is 1.52 bits per heavy atom. The molecule has 11 heteroatoms. The van der Waals surface area contributed by atoms with E-state index in [0.29, 0.717) is 36.5 Å². The molecule has 0 saturated carbocycles. The molecule has 0 aliphatic carbocycles. The van der Waals surface area contributed by atoms with Crippen LogP contribution in [0.4, 0.5) is 30.7 Å². The minimum atomic E-state index is -4.98. The molecular weight excluding hydrogens is 541 g/mol. The number of halogens is 7. The van der Waals surface area contributed by atoms with Gasteiger partial charge in [-0.05, 0) is 92.6 Å². The lowest BCUT2D eigenvalue weighted by Gasteiger charge is -2.41. The standard InChI is InChI=1S/C29H31F7N2O2/c1-16(19-10-21(28(31,32)33)14-22(11-19)29(34,35)36)40-25-15-38-24(27(25)18-2-4-23(30)5-3-18)12-20(13-26(38)39)17-6-8-37-9-7-17/h2-5,10-11,14,16-17,20,24-25,27,37H,6-9,12-13,15H2,1H3/t16-,20?,24?,25?,27+/m1/s1. The average Bonchev–Trinajstić information content (AvgIpc) is 3.26. The Kier molecular flexibility index (Phi) is 7.91. The third kappa shape index (κ3) is 6.00. The van der Waals surface area contributed by atoms with Crippen LogP contribution in [-0.2, 0) is 21.9 Å². The maximum absolute atomic E-state index is 13.8. The van der Waals surface area contributed by atoms with Crippen LogP contribution in [0.5, 0.6) is 0 Å². The van der Waals surface area contributed by atoms with Crippen molar-refractivity contribution in [1.82, 2.24) is 10.2 Å². The number of alkyl halides is 6. The summed E-state index contributed by atoms with van der Waals surface area (Å²) in [4.78, 5) is 15.0. The van der Waals surface area contributed by atoms with Crippen molar-refractivity contribution in [3.63, 3.8) is 0 Å². The van der Waals surface area contributed by atoms with Crippen molar-refractivity contribution in [2.24, 2.45) is 11.8 Å². The van der Waals surface area contributed by atoms with Gasteiger partial charge in [-0.1, -0.05) is 12.1 Å². The zero-order chi connectivity index (χ0) is 28.8. The number of rotatable bonds is 5. The molecule has 4 nitrogen and oxygen atoms in total. The van der Waals surface area contributed by atoms with E-state index >= 15 is 0 Å². The average molecular weight is 573 g/mol. The monoisotopic (exact) mass is 572 g/mol. The highest BCUT2D eigenvalue weighted by Gasteiger charge is 2.50. The van der Waals surface area contributed by atoms with E-state index in [1.54, 1.807) is 17.0 Å². The Labute approximate surface area is 227 Å². The SMILES string of the molecule is C[C@@H](OC1CN2C(=O)CC(C3CCNCC3)CC2[C@@H]1c1ccc(F)cc1)c1cc(C(F)(F)F)cc(C(F)(F)F)c1. The Bertz CT molecular complexity index is 1180. The summed E-state index contributed by atoms with van der Waals surface area (Å²) in [7, 11) is 0. The summed E-state index contributed by atoms with van der Waals surface area (Å²) < 4.78 is 101. The highest BCUT2D eigenvalue weighted by atomic mass is 19.4. The molecule has 0 aromatic heterocycles. The fourth-order valence-electron chi connectivity index (χ4n) is 6.66. The lowest BCUT2D eigenvalue weighted by atomic mass is 9.74. The molecule has 1 amide bonds. The van der Waals surface area contributed by atoms with Crippen LogP contribution in [0.25, 0.3) is 0 Å². The Hall–Kier alpha value is -2.66. The first-order chi connectivity index (χ1) is 18.8. The second kappa shape index (κ2) is 11.0. The van der Waals surface area contributed by atoms with Crippen molar-refractivity contribution < 1.29 is 40.3 Å². The molecule has 0 bridgehead atoms. The number of carbonyl (C=O) groups is 1. The predicted molar refractivity (Wildman–Crippen MR) is 133 cm³/mol. The van der Waals surface area contributed by atoms with E-state index < -0.39 is 47.4 Å². The lowest BCUT2D eigenvalue weighted by molar-refractivity contribution is -0.143. The molecule has 0 radical (unpaired) electrons. The molecule has 3 unspecified atom stereocenters. The number of nitrogens with one attached hydrogen (secondary N) is 1. The van der Waals surface area contributed by atoms with Gasteiger partial charge in [-0.2, -0.15) is 26.3 Å². The maximum Gasteiger partial charge on any atom is 0.416 e. The third-order valence-corrected chi connectivity index (χ3v) is 8.66. The van der Waals surface area contributed by atoms with E-state index in [1.807, 2.05) is 0 Å². The van der Waals surface area contributed by atoms with Gasteiger partial charge in [0.25, 0.3) is 0 Å². The van der Waals surface area contributed by atoms with Gasteiger partial charge in [0.2, 0.25) is 5.91 Å². The van der Waals surface area contributed by atoms with Gasteiger partial charge in [0, 0.05) is 24.9 Å². The van der Waals surface area contributed by atoms with Crippen molar-refractivity contribution in [2.45, 2.75) is 69.1 Å². The van der Waals surface area contributed by atoms with Gasteiger partial charge in [0.15, 0.2) is 0 Å². The van der Waals surface area contributed by atoms with E-state index in [1.165, 1.54) is 19.1 Å². The normalized spacial score (nSPS) is 27.1. The summed E-state index contributed by atoms with van der Waals surface area (Å²) in [6.07, 6.45) is -8.78. The van der Waals surface area contributed by atoms with Crippen molar-refractivity contribution in [2.75, 3.05) is 19.6 Å². The minimum absolute atomic E-state index is 0.0379. The molecule has 5 atom stereocenters. The van der Waals surface area contributed by atoms with Crippen LogP contribution in [-0.4, -0.2) is 42.6 Å².